The molecule has 0 spiro atoms. The number of benzene rings is 1. The van der Waals surface area contributed by atoms with Gasteiger partial charge in [0.25, 0.3) is 0 Å². The number of hydrogen-bond acceptors (Lipinski definition) is 0. The van der Waals surface area contributed by atoms with Crippen LogP contribution in [0.5, 0.6) is 0 Å². The second-order valence-corrected chi connectivity index (χ2v) is 14.4. The Kier molecular flexibility index (Phi) is 8.71. The van der Waals surface area contributed by atoms with Gasteiger partial charge in [0.2, 0.25) is 0 Å². The maximum Gasteiger partial charge on any atom is 0.0757 e. The van der Waals surface area contributed by atoms with Crippen LogP contribution in [0.25, 0.3) is 0 Å². The van der Waals surface area contributed by atoms with Crippen molar-refractivity contribution in [2.45, 2.75) is 61.0 Å². The molecule has 1 aromatic rings. The quantitative estimate of drug-likeness (QED) is 0.516. The van der Waals surface area contributed by atoms with E-state index in [-0.39, 0.29) is 5.74 Å². The topological polar surface area (TPSA) is 0 Å². The summed E-state index contributed by atoms with van der Waals surface area (Å²) < 4.78 is 1.28. The minimum Gasteiger partial charge on any atom is -0.325 e. The van der Waals surface area contributed by atoms with E-state index in [2.05, 4.69) is 91.3 Å². The van der Waals surface area contributed by atoms with E-state index in [4.69, 9.17) is 0 Å². The molecule has 0 bridgehead atoms. The fraction of sp³-hybridized carbons (Fsp3) is 0.684. The molecule has 0 N–H and O–H groups in total. The highest BCUT2D eigenvalue weighted by atomic mass is 28.3. The Balaban J connectivity index is 0.000000433. The predicted molar refractivity (Wildman–Crippen MR) is 109 cm³/mol. The van der Waals surface area contributed by atoms with E-state index in [9.17, 15) is 0 Å². The van der Waals surface area contributed by atoms with Crippen LogP contribution in [0.15, 0.2) is 30.3 Å². The minimum atomic E-state index is -1.06. The molecule has 0 unspecified atom stereocenters. The molecule has 0 amide bonds. The molecule has 0 aliphatic heterocycles. The van der Waals surface area contributed by atoms with E-state index in [1.165, 1.54) is 30.7 Å². The summed E-state index contributed by atoms with van der Waals surface area (Å²) >= 11 is 0. The third-order valence-electron chi connectivity index (χ3n) is 6.48. The second-order valence-electron chi connectivity index (χ2n) is 8.26. The lowest BCUT2D eigenvalue weighted by molar-refractivity contribution is -0.921. The van der Waals surface area contributed by atoms with Gasteiger partial charge in [0.1, 0.15) is 0 Å². The van der Waals surface area contributed by atoms with Crippen LogP contribution in [0.1, 0.15) is 27.7 Å². The zero-order chi connectivity index (χ0) is 17.4. The highest BCUT2D eigenvalue weighted by Gasteiger charge is 2.29. The van der Waals surface area contributed by atoms with E-state index in [1.54, 1.807) is 5.46 Å². The van der Waals surface area contributed by atoms with E-state index in [0.717, 1.165) is 0 Å². The van der Waals surface area contributed by atoms with E-state index in [0.29, 0.717) is 0 Å². The molecule has 1 rings (SSSR count). The lowest BCUT2D eigenvalue weighted by Gasteiger charge is -2.44. The molecule has 0 aliphatic carbocycles. The average molecular weight is 321 g/mol. The molecule has 0 aromatic heterocycles. The van der Waals surface area contributed by atoms with Gasteiger partial charge in [-0.2, -0.15) is 13.6 Å². The van der Waals surface area contributed by atoms with Gasteiger partial charge in [-0.25, -0.2) is 5.46 Å². The number of rotatable bonds is 6. The van der Waals surface area contributed by atoms with Gasteiger partial charge in [0, 0.05) is 5.74 Å². The van der Waals surface area contributed by atoms with Gasteiger partial charge in [0.05, 0.1) is 26.2 Å². The Morgan fingerprint density at radius 3 is 1.36 bits per heavy atom. The first-order valence-corrected chi connectivity index (χ1v) is 12.8. The Morgan fingerprint density at radius 1 is 0.773 bits per heavy atom. The van der Waals surface area contributed by atoms with Gasteiger partial charge in [0.15, 0.2) is 0 Å². The number of quaternary nitrogens is 1. The molecule has 0 radical (unpaired) electrons. The highest BCUT2D eigenvalue weighted by molar-refractivity contribution is 7.45. The molecule has 0 saturated carbocycles. The van der Waals surface area contributed by atoms with Crippen LogP contribution in [0.3, 0.4) is 0 Å². The first kappa shape index (κ1) is 21.5. The van der Waals surface area contributed by atoms with Crippen molar-refractivity contribution in [1.29, 1.82) is 0 Å². The van der Waals surface area contributed by atoms with Crippen LogP contribution >= 0.6 is 0 Å². The number of nitrogens with zero attached hydrogens (tertiary/aromatic N) is 1. The maximum atomic E-state index is 2.46. The molecule has 0 saturated heterocycles. The highest BCUT2D eigenvalue weighted by Crippen LogP contribution is 2.18. The fourth-order valence-corrected chi connectivity index (χ4v) is 3.97. The van der Waals surface area contributed by atoms with Crippen molar-refractivity contribution in [2.24, 2.45) is 0 Å². The zero-order valence-electron chi connectivity index (χ0n) is 16.7. The van der Waals surface area contributed by atoms with Gasteiger partial charge in [-0.3, -0.25) is 0 Å². The van der Waals surface area contributed by atoms with Crippen molar-refractivity contribution in [3.63, 3.8) is 0 Å². The summed E-state index contributed by atoms with van der Waals surface area (Å²) in [6, 6.07) is 11.0. The maximum absolute atomic E-state index is 2.46. The minimum absolute atomic E-state index is 0.311. The molecule has 22 heavy (non-hydrogen) atoms. The largest absolute Gasteiger partial charge is 0.325 e. The van der Waals surface area contributed by atoms with Gasteiger partial charge in [-0.1, -0.05) is 57.9 Å². The fourth-order valence-electron chi connectivity index (χ4n) is 2.78. The van der Waals surface area contributed by atoms with Crippen molar-refractivity contribution < 1.29 is 4.48 Å². The SMILES string of the molecule is CC[N+](CC)(CC)CC.C[B-](C)(c1ccccc1)[Si](C)(C)C. The van der Waals surface area contributed by atoms with Gasteiger partial charge < -0.3 is 4.48 Å². The summed E-state index contributed by atoms with van der Waals surface area (Å²) in [6.07, 6.45) is 0. The summed E-state index contributed by atoms with van der Waals surface area (Å²) in [5, 5.41) is 0. The third-order valence-corrected chi connectivity index (χ3v) is 11.1. The van der Waals surface area contributed by atoms with Crippen molar-refractivity contribution in [2.75, 3.05) is 26.2 Å². The van der Waals surface area contributed by atoms with Gasteiger partial charge in [-0.15, -0.1) is 0 Å². The summed E-state index contributed by atoms with van der Waals surface area (Å²) in [4.78, 5) is 0. The van der Waals surface area contributed by atoms with E-state index in [1.807, 2.05) is 0 Å². The standard InChI is InChI=1S/C11H20BSi.C8H20N/c1-12(2,13(3,4)5)11-9-7-6-8-10-11;1-5-9(6-2,7-3)8-4/h6-10H,1-5H3;5-8H2,1-4H3/q-1;+1. The zero-order valence-corrected chi connectivity index (χ0v) is 17.7. The molecule has 128 valence electrons. The van der Waals surface area contributed by atoms with E-state index < -0.39 is 7.94 Å². The van der Waals surface area contributed by atoms with Crippen LogP contribution in [0.2, 0.25) is 33.3 Å². The third kappa shape index (κ3) is 5.59. The average Bonchev–Trinajstić information content (AvgIpc) is 2.50. The first-order chi connectivity index (χ1) is 10.1. The molecular weight excluding hydrogens is 281 g/mol. The van der Waals surface area contributed by atoms with Crippen LogP contribution in [-0.2, 0) is 0 Å². The summed E-state index contributed by atoms with van der Waals surface area (Å²) in [5.74, 6) is 0. The molecule has 0 aliphatic rings. The van der Waals surface area contributed by atoms with Crippen LogP contribution in [-0.4, -0.2) is 44.3 Å². The van der Waals surface area contributed by atoms with Crippen LogP contribution < -0.4 is 5.46 Å². The predicted octanol–water partition coefficient (Wildman–Crippen LogP) is 4.90. The second kappa shape index (κ2) is 8.93. The smallest absolute Gasteiger partial charge is 0.0757 e. The molecule has 1 nitrogen and oxygen atoms in total. The van der Waals surface area contributed by atoms with Gasteiger partial charge in [-0.05, 0) is 27.7 Å². The molecule has 1 aromatic carbocycles. The first-order valence-electron chi connectivity index (χ1n) is 9.24. The normalized spacial score (nSPS) is 12.6. The Morgan fingerprint density at radius 2 is 1.14 bits per heavy atom. The molecular formula is C19H40BNSi. The van der Waals surface area contributed by atoms with Crippen molar-refractivity contribution >= 4 is 19.1 Å². The van der Waals surface area contributed by atoms with Gasteiger partial charge >= 0.3 is 0 Å². The molecule has 3 heteroatoms. The van der Waals surface area contributed by atoms with Crippen molar-refractivity contribution in [1.82, 2.24) is 0 Å². The molecule has 0 heterocycles. The summed E-state index contributed by atoms with van der Waals surface area (Å²) in [5.41, 5.74) is 1.23. The van der Waals surface area contributed by atoms with Crippen molar-refractivity contribution in [3.05, 3.63) is 30.3 Å². The lowest BCUT2D eigenvalue weighted by atomic mass is 9.46. The lowest BCUT2D eigenvalue weighted by Crippen LogP contribution is -2.61. The Bertz CT molecular complexity index is 388. The number of hydrogen-bond donors (Lipinski definition) is 0. The molecule has 0 fully saturated rings. The molecule has 0 atom stereocenters. The van der Waals surface area contributed by atoms with Crippen LogP contribution in [0.4, 0.5) is 0 Å². The Labute approximate surface area is 141 Å². The monoisotopic (exact) mass is 321 g/mol. The van der Waals surface area contributed by atoms with Crippen molar-refractivity contribution in [3.8, 4) is 0 Å². The van der Waals surface area contributed by atoms with Crippen LogP contribution in [0, 0.1) is 0 Å². The summed E-state index contributed by atoms with van der Waals surface area (Å²) in [7, 11) is -1.06. The van der Waals surface area contributed by atoms with E-state index >= 15 is 0 Å². The summed E-state index contributed by atoms with van der Waals surface area (Å²) in [6.45, 7) is 26.5. The Hall–Kier alpha value is -0.538.